The summed E-state index contributed by atoms with van der Waals surface area (Å²) in [5, 5.41) is 5.82. The highest BCUT2D eigenvalue weighted by Crippen LogP contribution is 2.21. The Balaban J connectivity index is 1.80. The summed E-state index contributed by atoms with van der Waals surface area (Å²) in [7, 11) is 0. The quantitative estimate of drug-likeness (QED) is 0.852. The fourth-order valence-electron chi connectivity index (χ4n) is 3.00. The Morgan fingerprint density at radius 3 is 2.46 bits per heavy atom. The van der Waals surface area contributed by atoms with Crippen molar-refractivity contribution in [3.8, 4) is 0 Å². The van der Waals surface area contributed by atoms with Crippen LogP contribution in [-0.4, -0.2) is 61.0 Å². The number of nitrogens with zero attached hydrogens (tertiary/aromatic N) is 2. The largest absolute Gasteiger partial charge is 0.466 e. The van der Waals surface area contributed by atoms with Crippen LogP contribution in [0.2, 0.25) is 0 Å². The molecule has 134 valence electrons. The maximum atomic E-state index is 12.4. The number of likely N-dealkylation sites (N-methyl/N-ethyl adjacent to an activating group) is 1. The van der Waals surface area contributed by atoms with Gasteiger partial charge >= 0.3 is 6.03 Å². The molecule has 24 heavy (non-hydrogen) atoms. The van der Waals surface area contributed by atoms with Crippen LogP contribution in [0.1, 0.15) is 37.0 Å². The maximum absolute atomic E-state index is 12.4. The molecule has 2 N–H and O–H groups in total. The summed E-state index contributed by atoms with van der Waals surface area (Å²) in [6, 6.07) is 1.80. The first kappa shape index (κ1) is 18.3. The number of hydrogen-bond acceptors (Lipinski definition) is 4. The van der Waals surface area contributed by atoms with Crippen molar-refractivity contribution < 1.29 is 14.0 Å². The van der Waals surface area contributed by atoms with Gasteiger partial charge in [0.05, 0.1) is 12.6 Å². The Hall–Kier alpha value is -2.02. The summed E-state index contributed by atoms with van der Waals surface area (Å²) in [5.74, 6) is 1.73. The second-order valence-electron chi connectivity index (χ2n) is 6.26. The first-order valence-electron chi connectivity index (χ1n) is 8.52. The van der Waals surface area contributed by atoms with Crippen molar-refractivity contribution in [2.75, 3.05) is 39.3 Å². The van der Waals surface area contributed by atoms with E-state index in [1.165, 1.54) is 0 Å². The number of urea groups is 1. The van der Waals surface area contributed by atoms with Gasteiger partial charge < -0.3 is 20.0 Å². The third-order valence-electron chi connectivity index (χ3n) is 4.29. The minimum Gasteiger partial charge on any atom is -0.466 e. The first-order valence-corrected chi connectivity index (χ1v) is 8.52. The summed E-state index contributed by atoms with van der Waals surface area (Å²) in [5.41, 5.74) is 1.01. The van der Waals surface area contributed by atoms with Gasteiger partial charge in [0.25, 0.3) is 0 Å². The lowest BCUT2D eigenvalue weighted by atomic mass is 10.1. The van der Waals surface area contributed by atoms with Crippen LogP contribution >= 0.6 is 0 Å². The molecule has 1 aliphatic heterocycles. The molecule has 0 radical (unpaired) electrons. The number of amides is 3. The Morgan fingerprint density at radius 1 is 1.25 bits per heavy atom. The van der Waals surface area contributed by atoms with Crippen LogP contribution in [-0.2, 0) is 4.79 Å². The van der Waals surface area contributed by atoms with Crippen LogP contribution in [0.5, 0.6) is 0 Å². The van der Waals surface area contributed by atoms with E-state index in [2.05, 4.69) is 15.5 Å². The smallest absolute Gasteiger partial charge is 0.317 e. The van der Waals surface area contributed by atoms with Crippen molar-refractivity contribution in [2.45, 2.75) is 33.7 Å². The van der Waals surface area contributed by atoms with E-state index in [4.69, 9.17) is 4.42 Å². The molecule has 1 aliphatic rings. The third-order valence-corrected chi connectivity index (χ3v) is 4.29. The van der Waals surface area contributed by atoms with E-state index < -0.39 is 0 Å². The van der Waals surface area contributed by atoms with Gasteiger partial charge in [-0.15, -0.1) is 0 Å². The predicted octanol–water partition coefficient (Wildman–Crippen LogP) is 1.42. The van der Waals surface area contributed by atoms with Gasteiger partial charge in [0.1, 0.15) is 11.5 Å². The molecule has 7 nitrogen and oxygen atoms in total. The Labute approximate surface area is 143 Å². The topological polar surface area (TPSA) is 77.8 Å². The monoisotopic (exact) mass is 336 g/mol. The number of carbonyl (C=O) groups excluding carboxylic acids is 2. The zero-order chi connectivity index (χ0) is 17.7. The fourth-order valence-corrected chi connectivity index (χ4v) is 3.00. The number of furan rings is 1. The number of nitrogens with one attached hydrogen (secondary N) is 2. The number of piperazine rings is 1. The second-order valence-corrected chi connectivity index (χ2v) is 6.26. The SMILES string of the molecule is CCNC(=O)CN1CCN(C(=O)NC(C)c2cc(C)oc2C)CC1. The van der Waals surface area contributed by atoms with Crippen molar-refractivity contribution in [2.24, 2.45) is 0 Å². The molecular formula is C17H28N4O3. The molecule has 0 aliphatic carbocycles. The van der Waals surface area contributed by atoms with Gasteiger partial charge in [-0.2, -0.15) is 0 Å². The fraction of sp³-hybridized carbons (Fsp3) is 0.647. The zero-order valence-corrected chi connectivity index (χ0v) is 15.0. The van der Waals surface area contributed by atoms with Crippen LogP contribution in [0.3, 0.4) is 0 Å². The molecule has 0 saturated carbocycles. The lowest BCUT2D eigenvalue weighted by molar-refractivity contribution is -0.122. The molecule has 3 amide bonds. The van der Waals surface area contributed by atoms with Gasteiger partial charge in [-0.3, -0.25) is 9.69 Å². The van der Waals surface area contributed by atoms with Crippen LogP contribution in [0.4, 0.5) is 4.79 Å². The van der Waals surface area contributed by atoms with Crippen molar-refractivity contribution in [1.82, 2.24) is 20.4 Å². The Kier molecular flexibility index (Phi) is 6.25. The minimum atomic E-state index is -0.0942. The summed E-state index contributed by atoms with van der Waals surface area (Å²) >= 11 is 0. The average molecular weight is 336 g/mol. The van der Waals surface area contributed by atoms with Gasteiger partial charge in [0.2, 0.25) is 5.91 Å². The van der Waals surface area contributed by atoms with Gasteiger partial charge in [-0.25, -0.2) is 4.79 Å². The summed E-state index contributed by atoms with van der Waals surface area (Å²) in [6.45, 7) is 11.4. The molecule has 1 aromatic rings. The van der Waals surface area contributed by atoms with E-state index in [0.29, 0.717) is 39.3 Å². The molecule has 1 unspecified atom stereocenters. The van der Waals surface area contributed by atoms with E-state index in [1.807, 2.05) is 33.8 Å². The highest BCUT2D eigenvalue weighted by Gasteiger charge is 2.24. The first-order chi connectivity index (χ1) is 11.4. The summed E-state index contributed by atoms with van der Waals surface area (Å²) < 4.78 is 5.52. The Bertz CT molecular complexity index is 576. The third kappa shape index (κ3) is 4.74. The van der Waals surface area contributed by atoms with Gasteiger partial charge in [0, 0.05) is 38.3 Å². The van der Waals surface area contributed by atoms with Gasteiger partial charge in [0.15, 0.2) is 0 Å². The minimum absolute atomic E-state index is 0.0369. The standard InChI is InChI=1S/C17H28N4O3/c1-5-18-16(22)11-20-6-8-21(9-7-20)17(23)19-13(3)15-10-12(2)24-14(15)4/h10,13H,5-9,11H2,1-4H3,(H,18,22)(H,19,23). The second kappa shape index (κ2) is 8.19. The van der Waals surface area contributed by atoms with Crippen LogP contribution in [0.15, 0.2) is 10.5 Å². The van der Waals surface area contributed by atoms with Crippen molar-refractivity contribution in [3.05, 3.63) is 23.2 Å². The average Bonchev–Trinajstić information content (AvgIpc) is 2.87. The van der Waals surface area contributed by atoms with E-state index in [1.54, 1.807) is 4.90 Å². The molecule has 2 heterocycles. The van der Waals surface area contributed by atoms with Gasteiger partial charge in [-0.1, -0.05) is 0 Å². The summed E-state index contributed by atoms with van der Waals surface area (Å²) in [4.78, 5) is 27.9. The van der Waals surface area contributed by atoms with E-state index in [9.17, 15) is 9.59 Å². The van der Waals surface area contributed by atoms with Crippen molar-refractivity contribution in [3.63, 3.8) is 0 Å². The lowest BCUT2D eigenvalue weighted by Crippen LogP contribution is -2.53. The normalized spacial score (nSPS) is 16.8. The number of hydrogen-bond donors (Lipinski definition) is 2. The molecule has 2 rings (SSSR count). The molecule has 1 saturated heterocycles. The lowest BCUT2D eigenvalue weighted by Gasteiger charge is -2.34. The molecular weight excluding hydrogens is 308 g/mol. The van der Waals surface area contributed by atoms with Crippen molar-refractivity contribution >= 4 is 11.9 Å². The molecule has 1 aromatic heterocycles. The number of aryl methyl sites for hydroxylation is 2. The molecule has 1 fully saturated rings. The molecule has 0 bridgehead atoms. The highest BCUT2D eigenvalue weighted by molar-refractivity contribution is 5.78. The maximum Gasteiger partial charge on any atom is 0.317 e. The van der Waals surface area contributed by atoms with Gasteiger partial charge in [-0.05, 0) is 33.8 Å². The van der Waals surface area contributed by atoms with E-state index in [0.717, 1.165) is 17.1 Å². The number of rotatable bonds is 5. The predicted molar refractivity (Wildman–Crippen MR) is 91.8 cm³/mol. The van der Waals surface area contributed by atoms with E-state index in [-0.39, 0.29) is 18.0 Å². The highest BCUT2D eigenvalue weighted by atomic mass is 16.3. The zero-order valence-electron chi connectivity index (χ0n) is 15.0. The molecule has 7 heteroatoms. The molecule has 1 atom stereocenters. The Morgan fingerprint density at radius 2 is 1.92 bits per heavy atom. The van der Waals surface area contributed by atoms with Crippen LogP contribution in [0.25, 0.3) is 0 Å². The summed E-state index contributed by atoms with van der Waals surface area (Å²) in [6.07, 6.45) is 0. The van der Waals surface area contributed by atoms with Crippen LogP contribution < -0.4 is 10.6 Å². The molecule has 0 spiro atoms. The van der Waals surface area contributed by atoms with Crippen molar-refractivity contribution in [1.29, 1.82) is 0 Å². The number of carbonyl (C=O) groups is 2. The van der Waals surface area contributed by atoms with E-state index >= 15 is 0 Å². The molecule has 0 aromatic carbocycles. The van der Waals surface area contributed by atoms with Crippen LogP contribution in [0, 0.1) is 13.8 Å².